The molecule has 0 saturated heterocycles. The van der Waals surface area contributed by atoms with Crippen molar-refractivity contribution in [2.24, 2.45) is 5.10 Å². The Kier molecular flexibility index (Phi) is 6.39. The van der Waals surface area contributed by atoms with Gasteiger partial charge < -0.3 is 9.47 Å². The number of H-pyrrole nitrogens is 1. The van der Waals surface area contributed by atoms with Gasteiger partial charge in [0.2, 0.25) is 4.77 Å². The molecule has 28 heavy (non-hydrogen) atoms. The van der Waals surface area contributed by atoms with Crippen molar-refractivity contribution < 1.29 is 9.47 Å². The van der Waals surface area contributed by atoms with Crippen LogP contribution in [0.4, 0.5) is 0 Å². The van der Waals surface area contributed by atoms with Crippen molar-refractivity contribution in [3.63, 3.8) is 0 Å². The number of aromatic amines is 1. The van der Waals surface area contributed by atoms with E-state index in [0.717, 1.165) is 22.6 Å². The number of allylic oxidation sites excluding steroid dienone is 1. The second kappa shape index (κ2) is 9.14. The molecule has 7 heteroatoms. The average molecular weight is 395 g/mol. The zero-order valence-electron chi connectivity index (χ0n) is 16.0. The lowest BCUT2D eigenvalue weighted by Crippen LogP contribution is -2.05. The molecule has 6 nitrogen and oxygen atoms in total. The second-order valence-corrected chi connectivity index (χ2v) is 6.61. The van der Waals surface area contributed by atoms with Crippen LogP contribution in [-0.4, -0.2) is 34.3 Å². The Bertz CT molecular complexity index is 1050. The fraction of sp³-hybridized carbons (Fsp3) is 0.190. The summed E-state index contributed by atoms with van der Waals surface area (Å²) in [5.74, 6) is 2.18. The summed E-state index contributed by atoms with van der Waals surface area (Å²) in [7, 11) is 1.65. The molecule has 0 aliphatic rings. The Morgan fingerprint density at radius 2 is 2.00 bits per heavy atom. The van der Waals surface area contributed by atoms with Crippen LogP contribution < -0.4 is 9.47 Å². The summed E-state index contributed by atoms with van der Waals surface area (Å²) in [6, 6.07) is 15.4. The van der Waals surface area contributed by atoms with Crippen LogP contribution in [0.2, 0.25) is 0 Å². The summed E-state index contributed by atoms with van der Waals surface area (Å²) in [6.07, 6.45) is 5.50. The summed E-state index contributed by atoms with van der Waals surface area (Å²) < 4.78 is 13.1. The lowest BCUT2D eigenvalue weighted by Gasteiger charge is -2.10. The Morgan fingerprint density at radius 3 is 2.79 bits per heavy atom. The number of methoxy groups -OCH3 is 1. The lowest BCUT2D eigenvalue weighted by atomic mass is 10.2. The van der Waals surface area contributed by atoms with E-state index in [-0.39, 0.29) is 6.10 Å². The minimum absolute atomic E-state index is 0.0919. The summed E-state index contributed by atoms with van der Waals surface area (Å²) in [5, 5.41) is 11.5. The van der Waals surface area contributed by atoms with Gasteiger partial charge in [0, 0.05) is 17.3 Å². The van der Waals surface area contributed by atoms with Crippen LogP contribution in [0.1, 0.15) is 19.4 Å². The Hall–Kier alpha value is -3.19. The molecule has 0 fully saturated rings. The van der Waals surface area contributed by atoms with Gasteiger partial charge >= 0.3 is 0 Å². The molecule has 0 saturated carbocycles. The van der Waals surface area contributed by atoms with Gasteiger partial charge in [0.1, 0.15) is 11.5 Å². The van der Waals surface area contributed by atoms with E-state index in [1.54, 1.807) is 18.0 Å². The number of nitrogens with zero attached hydrogens (tertiary/aromatic N) is 3. The molecule has 1 heterocycles. The molecule has 0 atom stereocenters. The van der Waals surface area contributed by atoms with Crippen molar-refractivity contribution >= 4 is 24.5 Å². The van der Waals surface area contributed by atoms with Gasteiger partial charge in [0.25, 0.3) is 0 Å². The van der Waals surface area contributed by atoms with Gasteiger partial charge in [-0.1, -0.05) is 30.3 Å². The largest absolute Gasteiger partial charge is 0.496 e. The first-order valence-electron chi connectivity index (χ1n) is 8.87. The minimum Gasteiger partial charge on any atom is -0.496 e. The van der Waals surface area contributed by atoms with Crippen molar-refractivity contribution in [2.45, 2.75) is 20.0 Å². The first-order chi connectivity index (χ1) is 13.6. The van der Waals surface area contributed by atoms with Gasteiger partial charge in [-0.3, -0.25) is 0 Å². The Labute approximate surface area is 169 Å². The van der Waals surface area contributed by atoms with E-state index in [1.807, 2.05) is 74.5 Å². The summed E-state index contributed by atoms with van der Waals surface area (Å²) in [5.41, 5.74) is 1.82. The number of hydrogen-bond donors (Lipinski definition) is 1. The molecule has 0 unspecified atom stereocenters. The number of para-hydroxylation sites is 1. The number of aromatic nitrogens is 3. The highest BCUT2D eigenvalue weighted by Crippen LogP contribution is 2.23. The van der Waals surface area contributed by atoms with Crippen LogP contribution in [0.25, 0.3) is 17.5 Å². The fourth-order valence-corrected chi connectivity index (χ4v) is 2.80. The van der Waals surface area contributed by atoms with Gasteiger partial charge in [-0.25, -0.2) is 5.10 Å². The summed E-state index contributed by atoms with van der Waals surface area (Å²) >= 11 is 5.31. The van der Waals surface area contributed by atoms with Crippen molar-refractivity contribution in [2.75, 3.05) is 7.11 Å². The van der Waals surface area contributed by atoms with Crippen molar-refractivity contribution in [1.29, 1.82) is 0 Å². The van der Waals surface area contributed by atoms with Crippen molar-refractivity contribution in [3.05, 3.63) is 64.9 Å². The molecular formula is C21H22N4O2S. The molecule has 0 aliphatic carbocycles. The SMILES string of the molecule is COc1ccccc1C=CC=Nn1c(-c2cccc(OC(C)C)c2)n[nH]c1=S. The maximum atomic E-state index is 5.76. The van der Waals surface area contributed by atoms with Crippen LogP contribution >= 0.6 is 12.2 Å². The standard InChI is InChI=1S/C21H22N4O2S/c1-15(2)27-18-11-6-9-17(14-18)20-23-24-21(28)25(20)22-13-7-10-16-8-4-5-12-19(16)26-3/h4-15H,1-3H3,(H,24,28). The van der Waals surface area contributed by atoms with E-state index in [1.165, 1.54) is 0 Å². The van der Waals surface area contributed by atoms with Gasteiger partial charge in [-0.15, -0.1) is 0 Å². The summed E-state index contributed by atoms with van der Waals surface area (Å²) in [6.45, 7) is 3.97. The maximum absolute atomic E-state index is 5.76. The van der Waals surface area contributed by atoms with Crippen LogP contribution in [0.15, 0.2) is 59.7 Å². The zero-order chi connectivity index (χ0) is 19.9. The molecule has 0 amide bonds. The number of benzene rings is 2. The minimum atomic E-state index is 0.0919. The molecular weight excluding hydrogens is 372 g/mol. The Balaban J connectivity index is 1.85. The topological polar surface area (TPSA) is 64.4 Å². The molecule has 0 spiro atoms. The third-order valence-electron chi connectivity index (χ3n) is 3.80. The molecule has 3 rings (SSSR count). The second-order valence-electron chi connectivity index (χ2n) is 6.22. The fourth-order valence-electron chi connectivity index (χ4n) is 2.62. The molecule has 0 aliphatic heterocycles. The highest BCUT2D eigenvalue weighted by atomic mass is 32.1. The predicted octanol–water partition coefficient (Wildman–Crippen LogP) is 4.95. The van der Waals surface area contributed by atoms with Gasteiger partial charge in [0.15, 0.2) is 5.82 Å². The number of rotatable bonds is 7. The van der Waals surface area contributed by atoms with Crippen LogP contribution in [-0.2, 0) is 0 Å². The lowest BCUT2D eigenvalue weighted by molar-refractivity contribution is 0.242. The molecule has 0 bridgehead atoms. The first-order valence-corrected chi connectivity index (χ1v) is 9.28. The predicted molar refractivity (Wildman–Crippen MR) is 115 cm³/mol. The molecule has 2 aromatic carbocycles. The first kappa shape index (κ1) is 19.6. The van der Waals surface area contributed by atoms with E-state index < -0.39 is 0 Å². The van der Waals surface area contributed by atoms with Crippen molar-refractivity contribution in [1.82, 2.24) is 14.9 Å². The van der Waals surface area contributed by atoms with Crippen molar-refractivity contribution in [3.8, 4) is 22.9 Å². The van der Waals surface area contributed by atoms with Crippen LogP contribution in [0, 0.1) is 4.77 Å². The molecule has 3 aromatic rings. The molecule has 1 aromatic heterocycles. The number of hydrogen-bond acceptors (Lipinski definition) is 5. The molecule has 0 radical (unpaired) electrons. The third-order valence-corrected chi connectivity index (χ3v) is 4.06. The van der Waals surface area contributed by atoms with E-state index in [2.05, 4.69) is 15.3 Å². The highest BCUT2D eigenvalue weighted by Gasteiger charge is 2.09. The quantitative estimate of drug-likeness (QED) is 0.455. The Morgan fingerprint density at radius 1 is 1.18 bits per heavy atom. The van der Waals surface area contributed by atoms with Crippen LogP contribution in [0.5, 0.6) is 11.5 Å². The normalized spacial score (nSPS) is 11.6. The van der Waals surface area contributed by atoms with E-state index in [9.17, 15) is 0 Å². The molecule has 1 N–H and O–H groups in total. The van der Waals surface area contributed by atoms with Crippen LogP contribution in [0.3, 0.4) is 0 Å². The average Bonchev–Trinajstić information content (AvgIpc) is 3.06. The van der Waals surface area contributed by atoms with E-state index >= 15 is 0 Å². The molecule has 144 valence electrons. The monoisotopic (exact) mass is 394 g/mol. The van der Waals surface area contributed by atoms with E-state index in [0.29, 0.717) is 10.6 Å². The smallest absolute Gasteiger partial charge is 0.216 e. The summed E-state index contributed by atoms with van der Waals surface area (Å²) in [4.78, 5) is 0. The van der Waals surface area contributed by atoms with Gasteiger partial charge in [-0.2, -0.15) is 14.9 Å². The number of ether oxygens (including phenoxy) is 2. The van der Waals surface area contributed by atoms with Gasteiger partial charge in [0.05, 0.1) is 13.2 Å². The maximum Gasteiger partial charge on any atom is 0.216 e. The van der Waals surface area contributed by atoms with E-state index in [4.69, 9.17) is 21.7 Å². The zero-order valence-corrected chi connectivity index (χ0v) is 16.8. The number of nitrogens with one attached hydrogen (secondary N) is 1. The van der Waals surface area contributed by atoms with Gasteiger partial charge in [-0.05, 0) is 56.4 Å². The third kappa shape index (κ3) is 4.75. The highest BCUT2D eigenvalue weighted by molar-refractivity contribution is 7.71.